The summed E-state index contributed by atoms with van der Waals surface area (Å²) in [4.78, 5) is 0. The SMILES string of the molecule is C/C=C\C=C/CCNC1CCCOCCOCC1. The number of rotatable bonds is 5. The fourth-order valence-corrected chi connectivity index (χ4v) is 1.98. The Hall–Kier alpha value is -0.640. The number of ether oxygens (including phenoxy) is 2. The topological polar surface area (TPSA) is 30.5 Å². The largest absolute Gasteiger partial charge is 0.379 e. The van der Waals surface area contributed by atoms with Crippen LogP contribution in [0, 0.1) is 0 Å². The molecule has 1 saturated heterocycles. The van der Waals surface area contributed by atoms with Crippen molar-refractivity contribution in [1.82, 2.24) is 5.32 Å². The van der Waals surface area contributed by atoms with Crippen molar-refractivity contribution >= 4 is 0 Å². The zero-order valence-electron chi connectivity index (χ0n) is 11.6. The van der Waals surface area contributed by atoms with Gasteiger partial charge in [-0.05, 0) is 39.2 Å². The molecule has 104 valence electrons. The standard InChI is InChI=1S/C15H27NO2/c1-2-3-4-5-6-10-16-15-8-7-11-17-13-14-18-12-9-15/h2-5,15-16H,6-14H2,1H3/b3-2-,5-4-. The third-order valence-corrected chi connectivity index (χ3v) is 3.01. The van der Waals surface area contributed by atoms with Gasteiger partial charge in [0.25, 0.3) is 0 Å². The van der Waals surface area contributed by atoms with Gasteiger partial charge in [0.15, 0.2) is 0 Å². The molecule has 0 aliphatic carbocycles. The number of allylic oxidation sites excluding steroid dienone is 3. The van der Waals surface area contributed by atoms with E-state index in [-0.39, 0.29) is 0 Å². The van der Waals surface area contributed by atoms with Gasteiger partial charge < -0.3 is 14.8 Å². The second kappa shape index (κ2) is 11.5. The molecule has 1 aliphatic heterocycles. The van der Waals surface area contributed by atoms with Crippen LogP contribution in [0.15, 0.2) is 24.3 Å². The lowest BCUT2D eigenvalue weighted by molar-refractivity contribution is 0.0340. The minimum Gasteiger partial charge on any atom is -0.379 e. The zero-order chi connectivity index (χ0) is 12.9. The van der Waals surface area contributed by atoms with Gasteiger partial charge in [-0.1, -0.05) is 24.3 Å². The highest BCUT2D eigenvalue weighted by Crippen LogP contribution is 2.05. The van der Waals surface area contributed by atoms with Gasteiger partial charge in [-0.3, -0.25) is 0 Å². The molecular weight excluding hydrogens is 226 g/mol. The van der Waals surface area contributed by atoms with E-state index in [9.17, 15) is 0 Å². The van der Waals surface area contributed by atoms with Crippen molar-refractivity contribution in [3.05, 3.63) is 24.3 Å². The molecule has 0 saturated carbocycles. The Bertz CT molecular complexity index is 229. The van der Waals surface area contributed by atoms with Crippen molar-refractivity contribution in [3.63, 3.8) is 0 Å². The molecule has 1 atom stereocenters. The average Bonchev–Trinajstić information content (AvgIpc) is 2.41. The second-order valence-electron chi connectivity index (χ2n) is 4.55. The van der Waals surface area contributed by atoms with Crippen molar-refractivity contribution < 1.29 is 9.47 Å². The molecule has 0 aromatic heterocycles. The molecule has 1 N–H and O–H groups in total. The van der Waals surface area contributed by atoms with Crippen LogP contribution < -0.4 is 5.32 Å². The van der Waals surface area contributed by atoms with E-state index in [1.54, 1.807) is 0 Å². The van der Waals surface area contributed by atoms with E-state index in [1.807, 2.05) is 13.0 Å². The predicted octanol–water partition coefficient (Wildman–Crippen LogP) is 2.68. The Balaban J connectivity index is 2.12. The van der Waals surface area contributed by atoms with Gasteiger partial charge in [-0.15, -0.1) is 0 Å². The molecule has 0 bridgehead atoms. The Morgan fingerprint density at radius 3 is 2.72 bits per heavy atom. The van der Waals surface area contributed by atoms with Gasteiger partial charge >= 0.3 is 0 Å². The molecule has 3 heteroatoms. The summed E-state index contributed by atoms with van der Waals surface area (Å²) in [6, 6.07) is 0.571. The number of nitrogens with one attached hydrogen (secondary N) is 1. The van der Waals surface area contributed by atoms with E-state index in [0.717, 1.165) is 52.2 Å². The third-order valence-electron chi connectivity index (χ3n) is 3.01. The first kappa shape index (κ1) is 15.4. The van der Waals surface area contributed by atoms with E-state index in [1.165, 1.54) is 6.42 Å². The minimum absolute atomic E-state index is 0.571. The first-order valence-electron chi connectivity index (χ1n) is 7.10. The van der Waals surface area contributed by atoms with Crippen LogP contribution in [0.4, 0.5) is 0 Å². The zero-order valence-corrected chi connectivity index (χ0v) is 11.6. The molecule has 0 aromatic carbocycles. The van der Waals surface area contributed by atoms with E-state index >= 15 is 0 Å². The number of hydrogen-bond donors (Lipinski definition) is 1. The van der Waals surface area contributed by atoms with Gasteiger partial charge in [0.05, 0.1) is 13.2 Å². The van der Waals surface area contributed by atoms with Crippen LogP contribution in [0.25, 0.3) is 0 Å². The molecule has 0 radical (unpaired) electrons. The maximum atomic E-state index is 5.51. The molecule has 3 nitrogen and oxygen atoms in total. The monoisotopic (exact) mass is 253 g/mol. The van der Waals surface area contributed by atoms with E-state index in [2.05, 4.69) is 23.5 Å². The predicted molar refractivity (Wildman–Crippen MR) is 75.9 cm³/mol. The Morgan fingerprint density at radius 2 is 1.89 bits per heavy atom. The molecule has 0 aromatic rings. The highest BCUT2D eigenvalue weighted by Gasteiger charge is 2.08. The fourth-order valence-electron chi connectivity index (χ4n) is 1.98. The normalized spacial score (nSPS) is 23.7. The minimum atomic E-state index is 0.571. The molecule has 1 rings (SSSR count). The molecule has 0 spiro atoms. The summed E-state index contributed by atoms with van der Waals surface area (Å²) in [6.07, 6.45) is 12.9. The lowest BCUT2D eigenvalue weighted by Crippen LogP contribution is -2.32. The van der Waals surface area contributed by atoms with Crippen LogP contribution in [0.2, 0.25) is 0 Å². The lowest BCUT2D eigenvalue weighted by atomic mass is 10.1. The van der Waals surface area contributed by atoms with Crippen LogP contribution >= 0.6 is 0 Å². The Labute approximate surface area is 111 Å². The van der Waals surface area contributed by atoms with Crippen molar-refractivity contribution in [2.75, 3.05) is 33.0 Å². The quantitative estimate of drug-likeness (QED) is 0.603. The van der Waals surface area contributed by atoms with Gasteiger partial charge in [0, 0.05) is 19.3 Å². The van der Waals surface area contributed by atoms with Gasteiger partial charge in [-0.2, -0.15) is 0 Å². The highest BCUT2D eigenvalue weighted by atomic mass is 16.5. The third kappa shape index (κ3) is 8.45. The van der Waals surface area contributed by atoms with Crippen LogP contribution in [0.5, 0.6) is 0 Å². The van der Waals surface area contributed by atoms with E-state index < -0.39 is 0 Å². The van der Waals surface area contributed by atoms with Crippen LogP contribution in [-0.4, -0.2) is 39.0 Å². The fraction of sp³-hybridized carbons (Fsp3) is 0.733. The van der Waals surface area contributed by atoms with Crippen LogP contribution in [-0.2, 0) is 9.47 Å². The van der Waals surface area contributed by atoms with Gasteiger partial charge in [0.1, 0.15) is 0 Å². The maximum absolute atomic E-state index is 5.51. The molecule has 0 amide bonds. The highest BCUT2D eigenvalue weighted by molar-refractivity contribution is 5.00. The summed E-state index contributed by atoms with van der Waals surface area (Å²) in [6.45, 7) is 6.26. The number of hydrogen-bond acceptors (Lipinski definition) is 3. The molecule has 18 heavy (non-hydrogen) atoms. The van der Waals surface area contributed by atoms with Crippen molar-refractivity contribution in [1.29, 1.82) is 0 Å². The summed E-state index contributed by atoms with van der Waals surface area (Å²) in [7, 11) is 0. The summed E-state index contributed by atoms with van der Waals surface area (Å²) in [5, 5.41) is 3.60. The molecule has 1 heterocycles. The first-order valence-corrected chi connectivity index (χ1v) is 7.10. The Morgan fingerprint density at radius 1 is 1.06 bits per heavy atom. The van der Waals surface area contributed by atoms with Crippen molar-refractivity contribution in [2.45, 2.75) is 38.6 Å². The van der Waals surface area contributed by atoms with Crippen LogP contribution in [0.3, 0.4) is 0 Å². The molecule has 1 aliphatic rings. The summed E-state index contributed by atoms with van der Waals surface area (Å²) >= 11 is 0. The summed E-state index contributed by atoms with van der Waals surface area (Å²) in [5.74, 6) is 0. The van der Waals surface area contributed by atoms with Crippen molar-refractivity contribution in [2.24, 2.45) is 0 Å². The van der Waals surface area contributed by atoms with E-state index in [4.69, 9.17) is 9.47 Å². The van der Waals surface area contributed by atoms with Crippen molar-refractivity contribution in [3.8, 4) is 0 Å². The van der Waals surface area contributed by atoms with E-state index in [0.29, 0.717) is 6.04 Å². The molecule has 1 unspecified atom stereocenters. The second-order valence-corrected chi connectivity index (χ2v) is 4.55. The smallest absolute Gasteiger partial charge is 0.0700 e. The summed E-state index contributed by atoms with van der Waals surface area (Å²) in [5.41, 5.74) is 0. The van der Waals surface area contributed by atoms with Gasteiger partial charge in [0.2, 0.25) is 0 Å². The van der Waals surface area contributed by atoms with Gasteiger partial charge in [-0.25, -0.2) is 0 Å². The first-order chi connectivity index (χ1) is 8.93. The lowest BCUT2D eigenvalue weighted by Gasteiger charge is -2.20. The molecular formula is C15H27NO2. The maximum Gasteiger partial charge on any atom is 0.0700 e. The summed E-state index contributed by atoms with van der Waals surface area (Å²) < 4.78 is 11.0. The molecule has 1 fully saturated rings. The Kier molecular flexibility index (Phi) is 9.81. The van der Waals surface area contributed by atoms with Crippen LogP contribution in [0.1, 0.15) is 32.6 Å². The average molecular weight is 253 g/mol.